The van der Waals surface area contributed by atoms with E-state index in [4.69, 9.17) is 20.3 Å². The minimum Gasteiger partial charge on any atom is -0.496 e. The van der Waals surface area contributed by atoms with Crippen LogP contribution in [0.3, 0.4) is 0 Å². The lowest BCUT2D eigenvalue weighted by Crippen LogP contribution is -2.32. The average molecular weight is 665 g/mol. The fourth-order valence-corrected chi connectivity index (χ4v) is 4.82. The molecule has 2 aromatic rings. The first kappa shape index (κ1) is 20.0. The lowest BCUT2D eigenvalue weighted by Gasteiger charge is -2.14. The molecule has 0 aromatic heterocycles. The van der Waals surface area contributed by atoms with Gasteiger partial charge in [0.2, 0.25) is 0 Å². The molecule has 0 heterocycles. The summed E-state index contributed by atoms with van der Waals surface area (Å²) < 4.78 is 14.0. The number of benzene rings is 2. The van der Waals surface area contributed by atoms with Gasteiger partial charge in [-0.2, -0.15) is 0 Å². The van der Waals surface area contributed by atoms with Crippen molar-refractivity contribution >= 4 is 73.7 Å². The molecule has 3 N–H and O–H groups in total. The summed E-state index contributed by atoms with van der Waals surface area (Å²) in [6.07, 6.45) is 0.280. The van der Waals surface area contributed by atoms with Crippen LogP contribution in [-0.2, 0) is 11.2 Å². The van der Waals surface area contributed by atoms with Crippen LogP contribution in [-0.4, -0.2) is 24.2 Å². The predicted octanol–water partition coefficient (Wildman–Crippen LogP) is 4.26. The van der Waals surface area contributed by atoms with Gasteiger partial charge in [-0.15, -0.1) is 0 Å². The van der Waals surface area contributed by atoms with Crippen LogP contribution in [0.1, 0.15) is 5.56 Å². The van der Waals surface area contributed by atoms with E-state index in [9.17, 15) is 4.79 Å². The number of methoxy groups -OCH3 is 1. The van der Waals surface area contributed by atoms with Crippen molar-refractivity contribution < 1.29 is 19.4 Å². The van der Waals surface area contributed by atoms with Gasteiger partial charge >= 0.3 is 5.97 Å². The zero-order chi connectivity index (χ0) is 17.9. The molecular weight excluding hydrogens is 651 g/mol. The average Bonchev–Trinajstić information content (AvgIpc) is 2.51. The van der Waals surface area contributed by atoms with Crippen LogP contribution >= 0.6 is 67.8 Å². The number of hydrogen-bond donors (Lipinski definition) is 2. The number of carbonyl (C=O) groups is 1. The number of nitrogens with two attached hydrogens (primary N) is 1. The molecule has 2 aromatic carbocycles. The minimum atomic E-state index is -1.01. The Kier molecular flexibility index (Phi) is 7.37. The van der Waals surface area contributed by atoms with Crippen LogP contribution in [0, 0.1) is 10.7 Å². The Balaban J connectivity index is 2.25. The maximum atomic E-state index is 10.9. The van der Waals surface area contributed by atoms with E-state index in [-0.39, 0.29) is 6.42 Å². The molecule has 24 heavy (non-hydrogen) atoms. The predicted molar refractivity (Wildman–Crippen MR) is 117 cm³/mol. The first-order valence-electron chi connectivity index (χ1n) is 6.79. The second kappa shape index (κ2) is 8.85. The summed E-state index contributed by atoms with van der Waals surface area (Å²) >= 11 is 6.55. The molecule has 0 saturated carbocycles. The number of rotatable bonds is 6. The lowest BCUT2D eigenvalue weighted by atomic mass is 10.1. The zero-order valence-electron chi connectivity index (χ0n) is 12.6. The summed E-state index contributed by atoms with van der Waals surface area (Å²) in [6, 6.07) is 8.50. The monoisotopic (exact) mass is 665 g/mol. The molecule has 0 saturated heterocycles. The van der Waals surface area contributed by atoms with E-state index in [0.717, 1.165) is 27.8 Å². The highest BCUT2D eigenvalue weighted by Gasteiger charge is 2.16. The summed E-state index contributed by atoms with van der Waals surface area (Å²) in [6.45, 7) is 0. The largest absolute Gasteiger partial charge is 0.496 e. The first-order valence-corrected chi connectivity index (χ1v) is 10.0. The van der Waals surface area contributed by atoms with E-state index in [0.29, 0.717) is 5.75 Å². The summed E-state index contributed by atoms with van der Waals surface area (Å²) in [7, 11) is 1.63. The Labute approximate surface area is 180 Å². The molecule has 8 heteroatoms. The van der Waals surface area contributed by atoms with Gasteiger partial charge in [0.15, 0.2) is 5.75 Å². The minimum absolute atomic E-state index is 0.280. The van der Waals surface area contributed by atoms with Gasteiger partial charge in [-0.25, -0.2) is 0 Å². The fourth-order valence-electron chi connectivity index (χ4n) is 2.00. The number of halogens is 3. The molecule has 0 spiro atoms. The highest BCUT2D eigenvalue weighted by Crippen LogP contribution is 2.35. The van der Waals surface area contributed by atoms with Crippen molar-refractivity contribution in [3.63, 3.8) is 0 Å². The van der Waals surface area contributed by atoms with E-state index < -0.39 is 12.0 Å². The van der Waals surface area contributed by atoms with E-state index in [1.165, 1.54) is 0 Å². The number of ether oxygens (including phenoxy) is 2. The third kappa shape index (κ3) is 5.08. The second-order valence-electron chi connectivity index (χ2n) is 4.94. The molecule has 5 nitrogen and oxygen atoms in total. The molecule has 0 fully saturated rings. The zero-order valence-corrected chi connectivity index (χ0v) is 19.0. The van der Waals surface area contributed by atoms with Crippen molar-refractivity contribution in [2.45, 2.75) is 12.5 Å². The molecule has 1 unspecified atom stereocenters. The maximum absolute atomic E-state index is 10.9. The summed E-state index contributed by atoms with van der Waals surface area (Å²) in [5.41, 5.74) is 6.48. The van der Waals surface area contributed by atoms with Crippen molar-refractivity contribution in [3.8, 4) is 17.2 Å². The van der Waals surface area contributed by atoms with Crippen LogP contribution < -0.4 is 15.2 Å². The standard InChI is InChI=1S/C16H14I3NO4/c1-23-14-3-2-9(7-10(14)17)24-15-11(18)4-8(5-12(15)19)6-13(20)16(21)22/h2-5,7,13H,6,20H2,1H3,(H,21,22). The molecule has 2 rings (SSSR count). The van der Waals surface area contributed by atoms with Crippen molar-refractivity contribution in [2.75, 3.05) is 7.11 Å². The Bertz CT molecular complexity index is 744. The van der Waals surface area contributed by atoms with Crippen molar-refractivity contribution in [1.29, 1.82) is 0 Å². The third-order valence-corrected chi connectivity index (χ3v) is 5.62. The number of aliphatic carboxylic acids is 1. The molecule has 0 aliphatic carbocycles. The Hall–Kier alpha value is -0.340. The smallest absolute Gasteiger partial charge is 0.320 e. The van der Waals surface area contributed by atoms with Gasteiger partial charge in [0.25, 0.3) is 0 Å². The molecule has 0 aliphatic rings. The van der Waals surface area contributed by atoms with E-state index >= 15 is 0 Å². The topological polar surface area (TPSA) is 81.8 Å². The second-order valence-corrected chi connectivity index (χ2v) is 8.42. The van der Waals surface area contributed by atoms with Crippen molar-refractivity contribution in [1.82, 2.24) is 0 Å². The molecule has 128 valence electrons. The van der Waals surface area contributed by atoms with Crippen LogP contribution in [0.25, 0.3) is 0 Å². The fraction of sp³-hybridized carbons (Fsp3) is 0.188. The van der Waals surface area contributed by atoms with Crippen LogP contribution in [0.4, 0.5) is 0 Å². The van der Waals surface area contributed by atoms with Crippen LogP contribution in [0.15, 0.2) is 30.3 Å². The first-order chi connectivity index (χ1) is 11.3. The molecule has 0 amide bonds. The lowest BCUT2D eigenvalue weighted by molar-refractivity contribution is -0.138. The van der Waals surface area contributed by atoms with Gasteiger partial charge in [-0.1, -0.05) is 0 Å². The quantitative estimate of drug-likeness (QED) is 0.452. The molecule has 0 bridgehead atoms. The summed E-state index contributed by atoms with van der Waals surface area (Å²) in [5, 5.41) is 8.94. The SMILES string of the molecule is COc1ccc(Oc2c(I)cc(CC(N)C(=O)O)cc2I)cc1I. The van der Waals surface area contributed by atoms with Gasteiger partial charge in [-0.3, -0.25) is 4.79 Å². The van der Waals surface area contributed by atoms with Gasteiger partial charge in [-0.05, 0) is 110 Å². The summed E-state index contributed by atoms with van der Waals surface area (Å²) in [4.78, 5) is 10.9. The number of carboxylic acids is 1. The van der Waals surface area contributed by atoms with Gasteiger partial charge in [0.1, 0.15) is 17.5 Å². The number of hydrogen-bond acceptors (Lipinski definition) is 4. The van der Waals surface area contributed by atoms with Crippen LogP contribution in [0.2, 0.25) is 0 Å². The normalized spacial score (nSPS) is 11.9. The third-order valence-electron chi connectivity index (χ3n) is 3.17. The van der Waals surface area contributed by atoms with E-state index in [1.807, 2.05) is 30.3 Å². The molecule has 0 radical (unpaired) electrons. The Morgan fingerprint density at radius 3 is 2.29 bits per heavy atom. The highest BCUT2D eigenvalue weighted by atomic mass is 127. The van der Waals surface area contributed by atoms with Gasteiger partial charge in [0, 0.05) is 0 Å². The molecular formula is C16H14I3NO4. The Morgan fingerprint density at radius 1 is 1.17 bits per heavy atom. The molecule has 0 aliphatic heterocycles. The van der Waals surface area contributed by atoms with Crippen molar-refractivity contribution in [2.24, 2.45) is 5.73 Å². The number of carboxylic acid groups (broad SMARTS) is 1. The van der Waals surface area contributed by atoms with E-state index in [1.54, 1.807) is 7.11 Å². The van der Waals surface area contributed by atoms with E-state index in [2.05, 4.69) is 67.8 Å². The Morgan fingerprint density at radius 2 is 1.79 bits per heavy atom. The summed E-state index contributed by atoms with van der Waals surface area (Å²) in [5.74, 6) is 1.24. The van der Waals surface area contributed by atoms with Gasteiger partial charge in [0.05, 0.1) is 17.8 Å². The van der Waals surface area contributed by atoms with Crippen LogP contribution in [0.5, 0.6) is 17.2 Å². The molecule has 1 atom stereocenters. The van der Waals surface area contributed by atoms with Crippen molar-refractivity contribution in [3.05, 3.63) is 46.6 Å². The maximum Gasteiger partial charge on any atom is 0.320 e. The highest BCUT2D eigenvalue weighted by molar-refractivity contribution is 14.1. The van der Waals surface area contributed by atoms with Gasteiger partial charge < -0.3 is 20.3 Å².